The van der Waals surface area contributed by atoms with Crippen LogP contribution >= 0.6 is 0 Å². The Kier molecular flexibility index (Phi) is 6.42. The van der Waals surface area contributed by atoms with Crippen LogP contribution < -0.4 is 4.74 Å². The van der Waals surface area contributed by atoms with E-state index in [1.807, 2.05) is 24.3 Å². The second kappa shape index (κ2) is 8.54. The Balaban J connectivity index is 1.87. The predicted molar refractivity (Wildman–Crippen MR) is 122 cm³/mol. The molecule has 0 radical (unpaired) electrons. The molecule has 5 heteroatoms. The van der Waals surface area contributed by atoms with Crippen molar-refractivity contribution in [3.05, 3.63) is 64.7 Å². The Labute approximate surface area is 181 Å². The molecule has 1 aliphatic heterocycles. The molecule has 0 aliphatic carbocycles. The summed E-state index contributed by atoms with van der Waals surface area (Å²) in [5.41, 5.74) is 3.50. The summed E-state index contributed by atoms with van der Waals surface area (Å²) in [5, 5.41) is 9.47. The van der Waals surface area contributed by atoms with Gasteiger partial charge < -0.3 is 13.9 Å². The summed E-state index contributed by atoms with van der Waals surface area (Å²) in [6, 6.07) is 16.3. The molecule has 1 aliphatic rings. The van der Waals surface area contributed by atoms with E-state index in [0.29, 0.717) is 12.2 Å². The molecular formula is C25H33NO3Si. The third-order valence-corrected chi connectivity index (χ3v) is 11.2. The van der Waals surface area contributed by atoms with Gasteiger partial charge in [-0.05, 0) is 71.9 Å². The molecule has 2 aromatic rings. The molecule has 1 heterocycles. The Morgan fingerprint density at radius 1 is 1.13 bits per heavy atom. The molecule has 1 atom stereocenters. The summed E-state index contributed by atoms with van der Waals surface area (Å²) >= 11 is 0. The predicted octanol–water partition coefficient (Wildman–Crippen LogP) is 6.14. The van der Waals surface area contributed by atoms with Crippen molar-refractivity contribution in [2.45, 2.75) is 64.0 Å². The molecule has 0 fully saturated rings. The molecule has 0 aromatic heterocycles. The second-order valence-electron chi connectivity index (χ2n) is 9.54. The van der Waals surface area contributed by atoms with Crippen molar-refractivity contribution in [2.24, 2.45) is 0 Å². The standard InChI is InChI=1S/C25H33NO3Si/c1-24(2,3)30(5,6)29-15-7-14-25(21-9-11-22(27-4)12-10-21)23-13-8-19(17-26)16-20(23)18-28-25/h8-13,16H,7,14-15,18H2,1-6H3. The quantitative estimate of drug-likeness (QED) is 0.396. The highest BCUT2D eigenvalue weighted by molar-refractivity contribution is 6.74. The van der Waals surface area contributed by atoms with E-state index in [-0.39, 0.29) is 5.04 Å². The van der Waals surface area contributed by atoms with Gasteiger partial charge in [0.15, 0.2) is 8.32 Å². The first-order valence-electron chi connectivity index (χ1n) is 10.6. The van der Waals surface area contributed by atoms with Gasteiger partial charge in [0.05, 0.1) is 25.3 Å². The van der Waals surface area contributed by atoms with E-state index < -0.39 is 13.9 Å². The zero-order valence-corrected chi connectivity index (χ0v) is 20.0. The number of nitriles is 1. The summed E-state index contributed by atoms with van der Waals surface area (Å²) in [5.74, 6) is 0.827. The highest BCUT2D eigenvalue weighted by Crippen LogP contribution is 2.46. The van der Waals surface area contributed by atoms with Crippen LogP contribution in [0.5, 0.6) is 5.75 Å². The summed E-state index contributed by atoms with van der Waals surface area (Å²) in [7, 11) is -0.101. The van der Waals surface area contributed by atoms with Crippen LogP contribution in [0.25, 0.3) is 0 Å². The molecule has 3 rings (SSSR count). The maximum atomic E-state index is 9.27. The lowest BCUT2D eigenvalue weighted by atomic mass is 9.81. The molecule has 30 heavy (non-hydrogen) atoms. The van der Waals surface area contributed by atoms with E-state index in [1.165, 1.54) is 0 Å². The van der Waals surface area contributed by atoms with Crippen molar-refractivity contribution in [1.82, 2.24) is 0 Å². The Bertz CT molecular complexity index is 925. The third kappa shape index (κ3) is 4.32. The summed E-state index contributed by atoms with van der Waals surface area (Å²) in [4.78, 5) is 0. The number of hydrogen-bond donors (Lipinski definition) is 0. The molecule has 4 nitrogen and oxygen atoms in total. The Morgan fingerprint density at radius 2 is 1.83 bits per heavy atom. The van der Waals surface area contributed by atoms with E-state index in [9.17, 15) is 5.26 Å². The number of methoxy groups -OCH3 is 1. The largest absolute Gasteiger partial charge is 0.497 e. The number of hydrogen-bond acceptors (Lipinski definition) is 4. The molecule has 0 saturated carbocycles. The van der Waals surface area contributed by atoms with E-state index in [2.05, 4.69) is 58.1 Å². The van der Waals surface area contributed by atoms with Crippen LogP contribution in [0.3, 0.4) is 0 Å². The number of rotatable bonds is 7. The monoisotopic (exact) mass is 423 g/mol. The van der Waals surface area contributed by atoms with Gasteiger partial charge in [-0.25, -0.2) is 0 Å². The summed E-state index contributed by atoms with van der Waals surface area (Å²) in [6.45, 7) is 12.6. The van der Waals surface area contributed by atoms with Gasteiger partial charge in [0, 0.05) is 6.61 Å². The van der Waals surface area contributed by atoms with Crippen molar-refractivity contribution in [2.75, 3.05) is 13.7 Å². The number of nitrogens with zero attached hydrogens (tertiary/aromatic N) is 1. The molecule has 0 bridgehead atoms. The minimum absolute atomic E-state index is 0.199. The van der Waals surface area contributed by atoms with E-state index in [0.717, 1.165) is 41.9 Å². The minimum atomic E-state index is -1.78. The van der Waals surface area contributed by atoms with E-state index >= 15 is 0 Å². The van der Waals surface area contributed by atoms with Gasteiger partial charge in [0.1, 0.15) is 11.4 Å². The molecule has 0 N–H and O–H groups in total. The molecule has 0 spiro atoms. The third-order valence-electron chi connectivity index (χ3n) is 6.64. The van der Waals surface area contributed by atoms with Crippen molar-refractivity contribution in [3.63, 3.8) is 0 Å². The maximum absolute atomic E-state index is 9.27. The van der Waals surface area contributed by atoms with Crippen molar-refractivity contribution in [3.8, 4) is 11.8 Å². The topological polar surface area (TPSA) is 51.5 Å². The van der Waals surface area contributed by atoms with Gasteiger partial charge in [-0.3, -0.25) is 0 Å². The highest BCUT2D eigenvalue weighted by atomic mass is 28.4. The smallest absolute Gasteiger partial charge is 0.191 e. The molecule has 0 saturated heterocycles. The van der Waals surface area contributed by atoms with Crippen molar-refractivity contribution < 1.29 is 13.9 Å². The second-order valence-corrected chi connectivity index (χ2v) is 14.3. The first-order chi connectivity index (χ1) is 14.1. The fraction of sp³-hybridized carbons (Fsp3) is 0.480. The Morgan fingerprint density at radius 3 is 2.43 bits per heavy atom. The highest BCUT2D eigenvalue weighted by Gasteiger charge is 2.42. The van der Waals surface area contributed by atoms with Gasteiger partial charge in [-0.2, -0.15) is 5.26 Å². The van der Waals surface area contributed by atoms with E-state index in [1.54, 1.807) is 7.11 Å². The van der Waals surface area contributed by atoms with Crippen LogP contribution in [0.2, 0.25) is 18.1 Å². The van der Waals surface area contributed by atoms with Gasteiger partial charge in [0.25, 0.3) is 0 Å². The molecule has 160 valence electrons. The van der Waals surface area contributed by atoms with E-state index in [4.69, 9.17) is 13.9 Å². The SMILES string of the molecule is COc1ccc(C2(CCCO[Si](C)(C)C(C)(C)C)OCc3cc(C#N)ccc32)cc1. The van der Waals surface area contributed by atoms with Gasteiger partial charge in [-0.1, -0.05) is 39.0 Å². The fourth-order valence-electron chi connectivity index (χ4n) is 3.77. The van der Waals surface area contributed by atoms with Crippen LogP contribution in [0.4, 0.5) is 0 Å². The Hall–Kier alpha value is -2.13. The molecule has 2 aromatic carbocycles. The number of benzene rings is 2. The van der Waals surface area contributed by atoms with Gasteiger partial charge in [-0.15, -0.1) is 0 Å². The van der Waals surface area contributed by atoms with Crippen LogP contribution in [-0.2, 0) is 21.4 Å². The van der Waals surface area contributed by atoms with Gasteiger partial charge >= 0.3 is 0 Å². The zero-order chi connectivity index (χ0) is 22.0. The first-order valence-corrected chi connectivity index (χ1v) is 13.5. The average Bonchev–Trinajstić information content (AvgIpc) is 3.09. The lowest BCUT2D eigenvalue weighted by molar-refractivity contribution is -0.0153. The summed E-state index contributed by atoms with van der Waals surface area (Å²) in [6.07, 6.45) is 1.73. The van der Waals surface area contributed by atoms with Crippen molar-refractivity contribution in [1.29, 1.82) is 5.26 Å². The zero-order valence-electron chi connectivity index (χ0n) is 19.0. The number of fused-ring (bicyclic) bond motifs is 1. The first kappa shape index (κ1) is 22.5. The fourth-order valence-corrected chi connectivity index (χ4v) is 4.86. The molecular weight excluding hydrogens is 390 g/mol. The maximum Gasteiger partial charge on any atom is 0.191 e. The lowest BCUT2D eigenvalue weighted by Gasteiger charge is -2.37. The van der Waals surface area contributed by atoms with Crippen LogP contribution in [0.15, 0.2) is 42.5 Å². The summed E-state index contributed by atoms with van der Waals surface area (Å²) < 4.78 is 18.2. The minimum Gasteiger partial charge on any atom is -0.497 e. The molecule has 0 amide bonds. The van der Waals surface area contributed by atoms with Gasteiger partial charge in [0.2, 0.25) is 0 Å². The van der Waals surface area contributed by atoms with Crippen LogP contribution in [0, 0.1) is 11.3 Å². The van der Waals surface area contributed by atoms with Crippen molar-refractivity contribution >= 4 is 8.32 Å². The lowest BCUT2D eigenvalue weighted by Crippen LogP contribution is -2.41. The normalized spacial score (nSPS) is 18.7. The van der Waals surface area contributed by atoms with Crippen LogP contribution in [0.1, 0.15) is 55.9 Å². The van der Waals surface area contributed by atoms with Crippen LogP contribution in [-0.4, -0.2) is 22.0 Å². The number of ether oxygens (including phenoxy) is 2. The molecule has 1 unspecified atom stereocenters. The average molecular weight is 424 g/mol.